The second-order valence-corrected chi connectivity index (χ2v) is 12.6. The molecule has 0 bridgehead atoms. The van der Waals surface area contributed by atoms with Gasteiger partial charge in [0.05, 0.1) is 10.9 Å². The molecule has 1 atom stereocenters. The van der Waals surface area contributed by atoms with Gasteiger partial charge in [0.2, 0.25) is 5.91 Å². The third-order valence-corrected chi connectivity index (χ3v) is 8.92. The van der Waals surface area contributed by atoms with Gasteiger partial charge in [-0.1, -0.05) is 54.1 Å². The number of nitrogens with zero attached hydrogens (tertiary/aromatic N) is 1. The Morgan fingerprint density at radius 1 is 0.930 bits per heavy atom. The van der Waals surface area contributed by atoms with Gasteiger partial charge in [-0.15, -0.1) is 23.1 Å². The number of thiazole rings is 1. The van der Waals surface area contributed by atoms with Gasteiger partial charge in [-0.2, -0.15) is 11.3 Å². The number of amides is 3. The van der Waals surface area contributed by atoms with E-state index in [1.807, 2.05) is 52.5 Å². The van der Waals surface area contributed by atoms with E-state index in [1.54, 1.807) is 61.5 Å². The Morgan fingerprint density at radius 2 is 1.72 bits per heavy atom. The Morgan fingerprint density at radius 3 is 2.49 bits per heavy atom. The number of thiophene rings is 1. The lowest BCUT2D eigenvalue weighted by Gasteiger charge is -2.13. The van der Waals surface area contributed by atoms with Crippen LogP contribution in [-0.4, -0.2) is 28.0 Å². The molecule has 2 heterocycles. The van der Waals surface area contributed by atoms with E-state index in [-0.39, 0.29) is 17.5 Å². The van der Waals surface area contributed by atoms with Crippen molar-refractivity contribution in [1.82, 2.24) is 10.3 Å². The summed E-state index contributed by atoms with van der Waals surface area (Å²) in [5, 5.41) is 14.7. The average molecular weight is 645 g/mol. The summed E-state index contributed by atoms with van der Waals surface area (Å²) < 4.78 is 0. The summed E-state index contributed by atoms with van der Waals surface area (Å²) >= 11 is 10.4. The molecule has 0 fully saturated rings. The number of hydrogen-bond donors (Lipinski definition) is 3. The second kappa shape index (κ2) is 14.3. The van der Waals surface area contributed by atoms with Crippen LogP contribution in [0.1, 0.15) is 22.8 Å². The lowest BCUT2D eigenvalue weighted by atomic mass is 10.2. The molecule has 3 aromatic carbocycles. The van der Waals surface area contributed by atoms with E-state index in [9.17, 15) is 14.4 Å². The van der Waals surface area contributed by atoms with Gasteiger partial charge in [-0.3, -0.25) is 14.4 Å². The van der Waals surface area contributed by atoms with Gasteiger partial charge in [-0.25, -0.2) is 4.98 Å². The summed E-state index contributed by atoms with van der Waals surface area (Å²) in [4.78, 5) is 44.4. The highest BCUT2D eigenvalue weighted by Gasteiger charge is 2.19. The van der Waals surface area contributed by atoms with E-state index in [0.717, 1.165) is 16.0 Å². The molecule has 0 saturated carbocycles. The molecule has 3 amide bonds. The molecule has 1 unspecified atom stereocenters. The van der Waals surface area contributed by atoms with Gasteiger partial charge in [0.1, 0.15) is 5.70 Å². The standard InChI is InChI=1S/C32H25ClN4O3S3/c1-20(29(38)37-32-36-28(19-42-32)25-12-5-6-13-26(25)33)43-24-11-7-10-23(17-24)34-31(40)27(16-21-14-15-41-18-21)35-30(39)22-8-3-2-4-9-22/h2-20H,1H3,(H,34,40)(H,35,39)(H,36,37,38)/b27-16-. The van der Waals surface area contributed by atoms with Crippen LogP contribution >= 0.6 is 46.0 Å². The van der Waals surface area contributed by atoms with Crippen LogP contribution in [0, 0.1) is 0 Å². The fraction of sp³-hybridized carbons (Fsp3) is 0.0625. The number of rotatable bonds is 10. The van der Waals surface area contributed by atoms with Crippen molar-refractivity contribution in [3.63, 3.8) is 0 Å². The Labute approximate surface area is 266 Å². The smallest absolute Gasteiger partial charge is 0.272 e. The van der Waals surface area contributed by atoms with Gasteiger partial charge in [0, 0.05) is 32.1 Å². The van der Waals surface area contributed by atoms with Crippen LogP contribution in [0.15, 0.2) is 112 Å². The quantitative estimate of drug-likeness (QED) is 0.105. The van der Waals surface area contributed by atoms with Gasteiger partial charge in [0.25, 0.3) is 11.8 Å². The van der Waals surface area contributed by atoms with Crippen molar-refractivity contribution in [2.45, 2.75) is 17.1 Å². The molecule has 11 heteroatoms. The molecule has 0 spiro atoms. The number of carbonyl (C=O) groups is 3. The topological polar surface area (TPSA) is 100 Å². The number of nitrogens with one attached hydrogen (secondary N) is 3. The molecule has 0 aliphatic heterocycles. The van der Waals surface area contributed by atoms with E-state index < -0.39 is 11.2 Å². The molecule has 0 radical (unpaired) electrons. The predicted molar refractivity (Wildman–Crippen MR) is 178 cm³/mol. The number of benzene rings is 3. The Hall–Kier alpha value is -4.22. The number of aromatic nitrogens is 1. The molecule has 5 aromatic rings. The summed E-state index contributed by atoms with van der Waals surface area (Å²) in [5.41, 5.74) is 3.37. The average Bonchev–Trinajstić information content (AvgIpc) is 3.70. The molecule has 3 N–H and O–H groups in total. The zero-order chi connectivity index (χ0) is 30.2. The molecule has 0 saturated heterocycles. The van der Waals surface area contributed by atoms with Crippen molar-refractivity contribution in [3.05, 3.63) is 123 Å². The first-order valence-corrected chi connectivity index (χ1v) is 16.1. The van der Waals surface area contributed by atoms with Crippen LogP contribution in [0.5, 0.6) is 0 Å². The molecule has 0 aliphatic carbocycles. The lowest BCUT2D eigenvalue weighted by Crippen LogP contribution is -2.30. The number of hydrogen-bond acceptors (Lipinski definition) is 7. The van der Waals surface area contributed by atoms with Crippen molar-refractivity contribution in [2.24, 2.45) is 0 Å². The zero-order valence-corrected chi connectivity index (χ0v) is 25.9. The minimum Gasteiger partial charge on any atom is -0.321 e. The highest BCUT2D eigenvalue weighted by Crippen LogP contribution is 2.31. The van der Waals surface area contributed by atoms with Gasteiger partial charge in [-0.05, 0) is 71.8 Å². The van der Waals surface area contributed by atoms with Crippen LogP contribution in [0.4, 0.5) is 10.8 Å². The first kappa shape index (κ1) is 30.2. The van der Waals surface area contributed by atoms with Gasteiger partial charge < -0.3 is 16.0 Å². The van der Waals surface area contributed by atoms with Crippen LogP contribution in [-0.2, 0) is 9.59 Å². The van der Waals surface area contributed by atoms with Gasteiger partial charge in [0.15, 0.2) is 5.13 Å². The summed E-state index contributed by atoms with van der Waals surface area (Å²) in [7, 11) is 0. The molecule has 0 aliphatic rings. The van der Waals surface area contributed by atoms with E-state index in [0.29, 0.717) is 27.1 Å². The first-order valence-electron chi connectivity index (χ1n) is 13.1. The van der Waals surface area contributed by atoms with E-state index in [4.69, 9.17) is 11.6 Å². The Bertz CT molecular complexity index is 1770. The normalized spacial score (nSPS) is 11.9. The summed E-state index contributed by atoms with van der Waals surface area (Å²) in [5.74, 6) is -1.06. The largest absolute Gasteiger partial charge is 0.321 e. The monoisotopic (exact) mass is 644 g/mol. The molecule has 7 nitrogen and oxygen atoms in total. The zero-order valence-electron chi connectivity index (χ0n) is 22.7. The van der Waals surface area contributed by atoms with E-state index in [2.05, 4.69) is 20.9 Å². The molecular formula is C32H25ClN4O3S3. The number of halogens is 1. The molecule has 216 valence electrons. The number of carbonyl (C=O) groups excluding carboxylic acids is 3. The Balaban J connectivity index is 1.23. The fourth-order valence-corrected chi connectivity index (χ4v) is 6.39. The maximum Gasteiger partial charge on any atom is 0.272 e. The highest BCUT2D eigenvalue weighted by molar-refractivity contribution is 8.00. The summed E-state index contributed by atoms with van der Waals surface area (Å²) in [6, 6.07) is 25.2. The summed E-state index contributed by atoms with van der Waals surface area (Å²) in [6.07, 6.45) is 1.63. The van der Waals surface area contributed by atoms with E-state index in [1.165, 1.54) is 34.4 Å². The minimum atomic E-state index is -0.471. The maximum absolute atomic E-state index is 13.3. The van der Waals surface area contributed by atoms with Crippen LogP contribution < -0.4 is 16.0 Å². The molecule has 2 aromatic heterocycles. The lowest BCUT2D eigenvalue weighted by molar-refractivity contribution is -0.115. The first-order chi connectivity index (χ1) is 20.9. The molecule has 43 heavy (non-hydrogen) atoms. The van der Waals surface area contributed by atoms with Gasteiger partial charge >= 0.3 is 0 Å². The third kappa shape index (κ3) is 8.20. The van der Waals surface area contributed by atoms with Crippen LogP contribution in [0.3, 0.4) is 0 Å². The molecule has 5 rings (SSSR count). The number of thioether (sulfide) groups is 1. The van der Waals surface area contributed by atoms with Crippen LogP contribution in [0.2, 0.25) is 5.02 Å². The predicted octanol–water partition coefficient (Wildman–Crippen LogP) is 8.05. The summed E-state index contributed by atoms with van der Waals surface area (Å²) in [6.45, 7) is 1.80. The van der Waals surface area contributed by atoms with Crippen molar-refractivity contribution in [3.8, 4) is 11.3 Å². The van der Waals surface area contributed by atoms with E-state index >= 15 is 0 Å². The Kier molecular flexibility index (Phi) is 10.1. The third-order valence-electron chi connectivity index (χ3n) is 6.04. The van der Waals surface area contributed by atoms with Crippen LogP contribution in [0.25, 0.3) is 17.3 Å². The van der Waals surface area contributed by atoms with Crippen molar-refractivity contribution < 1.29 is 14.4 Å². The maximum atomic E-state index is 13.3. The fourth-order valence-electron chi connectivity index (χ4n) is 3.90. The minimum absolute atomic E-state index is 0.109. The SMILES string of the molecule is CC(Sc1cccc(NC(=O)/C(=C/c2ccsc2)NC(=O)c2ccccc2)c1)C(=O)Nc1nc(-c2ccccc2Cl)cs1. The van der Waals surface area contributed by atoms with Crippen molar-refractivity contribution in [2.75, 3.05) is 10.6 Å². The highest BCUT2D eigenvalue weighted by atomic mass is 35.5. The second-order valence-electron chi connectivity index (χ2n) is 9.18. The van der Waals surface area contributed by atoms with Crippen molar-refractivity contribution in [1.29, 1.82) is 0 Å². The molecular weight excluding hydrogens is 620 g/mol. The van der Waals surface area contributed by atoms with Crippen molar-refractivity contribution >= 4 is 80.7 Å². The number of anilines is 2.